The number of quaternary nitrogens is 1. The standard InChI is InChI=1S/C16H22Cl2N2O2/c1-3-19-11-20(2,8-6-4-5-7-16(21)22)15-10-13(18)12(17)9-14(15)19/h9-10H,3-8,11H2,1-2H3/p+1. The molecule has 1 N–H and O–H groups in total. The molecular formula is C16H23Cl2N2O2+. The molecule has 1 unspecified atom stereocenters. The first-order valence-corrected chi connectivity index (χ1v) is 8.44. The Morgan fingerprint density at radius 1 is 1.27 bits per heavy atom. The van der Waals surface area contributed by atoms with Crippen molar-refractivity contribution in [2.24, 2.45) is 0 Å². The Bertz CT molecular complexity index is 565. The number of fused-ring (bicyclic) bond motifs is 1. The first-order chi connectivity index (χ1) is 10.4. The zero-order valence-corrected chi connectivity index (χ0v) is 14.6. The number of hydrogen-bond acceptors (Lipinski definition) is 2. The van der Waals surface area contributed by atoms with Gasteiger partial charge in [0.2, 0.25) is 0 Å². The molecule has 0 saturated heterocycles. The Morgan fingerprint density at radius 3 is 2.59 bits per heavy atom. The van der Waals surface area contributed by atoms with Crippen molar-refractivity contribution in [3.8, 4) is 0 Å². The zero-order valence-electron chi connectivity index (χ0n) is 13.1. The normalized spacial score (nSPS) is 20.3. The molecule has 6 heteroatoms. The fourth-order valence-electron chi connectivity index (χ4n) is 3.12. The minimum Gasteiger partial charge on any atom is -0.481 e. The average Bonchev–Trinajstić information content (AvgIpc) is 2.72. The van der Waals surface area contributed by atoms with E-state index in [1.807, 2.05) is 12.1 Å². The highest BCUT2D eigenvalue weighted by atomic mass is 35.5. The number of carbonyl (C=O) groups is 1. The van der Waals surface area contributed by atoms with E-state index >= 15 is 0 Å². The van der Waals surface area contributed by atoms with Gasteiger partial charge >= 0.3 is 5.97 Å². The first-order valence-electron chi connectivity index (χ1n) is 7.68. The molecule has 122 valence electrons. The number of nitrogens with zero attached hydrogens (tertiary/aromatic N) is 2. The third kappa shape index (κ3) is 3.67. The molecule has 0 radical (unpaired) electrons. The fraction of sp³-hybridized carbons (Fsp3) is 0.562. The predicted molar refractivity (Wildman–Crippen MR) is 93.0 cm³/mol. The Morgan fingerprint density at radius 2 is 1.95 bits per heavy atom. The lowest BCUT2D eigenvalue weighted by molar-refractivity contribution is -0.137. The van der Waals surface area contributed by atoms with Crippen LogP contribution >= 0.6 is 23.2 Å². The molecule has 4 nitrogen and oxygen atoms in total. The van der Waals surface area contributed by atoms with Gasteiger partial charge in [-0.25, -0.2) is 0 Å². The zero-order chi connectivity index (χ0) is 16.3. The molecule has 2 rings (SSSR count). The van der Waals surface area contributed by atoms with Gasteiger partial charge in [-0.1, -0.05) is 23.2 Å². The number of aliphatic carboxylic acids is 1. The number of carboxylic acid groups (broad SMARTS) is 1. The summed E-state index contributed by atoms with van der Waals surface area (Å²) in [7, 11) is 2.20. The summed E-state index contributed by atoms with van der Waals surface area (Å²) in [5.41, 5.74) is 2.36. The summed E-state index contributed by atoms with van der Waals surface area (Å²) in [5, 5.41) is 9.87. The highest BCUT2D eigenvalue weighted by Gasteiger charge is 2.38. The van der Waals surface area contributed by atoms with Gasteiger partial charge in [-0.15, -0.1) is 0 Å². The van der Waals surface area contributed by atoms with Crippen molar-refractivity contribution in [2.45, 2.75) is 32.6 Å². The van der Waals surface area contributed by atoms with Gasteiger partial charge in [-0.2, -0.15) is 0 Å². The van der Waals surface area contributed by atoms with Crippen LogP contribution in [0.15, 0.2) is 12.1 Å². The number of carboxylic acids is 1. The van der Waals surface area contributed by atoms with Crippen molar-refractivity contribution in [1.82, 2.24) is 4.48 Å². The van der Waals surface area contributed by atoms with Gasteiger partial charge in [0.05, 0.1) is 23.6 Å². The number of halogens is 2. The molecule has 1 aromatic rings. The second-order valence-electron chi connectivity index (χ2n) is 6.08. The lowest BCUT2D eigenvalue weighted by Crippen LogP contribution is -2.48. The highest BCUT2D eigenvalue weighted by molar-refractivity contribution is 6.42. The summed E-state index contributed by atoms with van der Waals surface area (Å²) >= 11 is 12.4. The fourth-order valence-corrected chi connectivity index (χ4v) is 3.43. The van der Waals surface area contributed by atoms with Gasteiger partial charge in [0.25, 0.3) is 0 Å². The molecule has 0 aliphatic carbocycles. The lowest BCUT2D eigenvalue weighted by Gasteiger charge is -2.30. The van der Waals surface area contributed by atoms with Crippen molar-refractivity contribution in [2.75, 3.05) is 31.7 Å². The molecule has 1 aliphatic heterocycles. The Labute approximate surface area is 141 Å². The van der Waals surface area contributed by atoms with Gasteiger partial charge in [0, 0.05) is 19.0 Å². The molecule has 1 aliphatic rings. The van der Waals surface area contributed by atoms with Crippen LogP contribution in [-0.4, -0.2) is 37.9 Å². The molecule has 0 aromatic heterocycles. The Balaban J connectivity index is 2.09. The van der Waals surface area contributed by atoms with E-state index in [9.17, 15) is 4.79 Å². The van der Waals surface area contributed by atoms with Crippen LogP contribution in [0, 0.1) is 0 Å². The summed E-state index contributed by atoms with van der Waals surface area (Å²) in [6.07, 6.45) is 2.92. The third-order valence-corrected chi connectivity index (χ3v) is 5.07. The minimum atomic E-state index is -0.717. The molecule has 0 bridgehead atoms. The molecule has 0 spiro atoms. The first kappa shape index (κ1) is 17.4. The van der Waals surface area contributed by atoms with E-state index in [2.05, 4.69) is 18.9 Å². The molecule has 0 saturated carbocycles. The number of benzene rings is 1. The van der Waals surface area contributed by atoms with Crippen LogP contribution in [-0.2, 0) is 4.79 Å². The number of unbranched alkanes of at least 4 members (excludes halogenated alkanes) is 2. The van der Waals surface area contributed by atoms with Crippen molar-refractivity contribution >= 4 is 40.5 Å². The molecule has 0 amide bonds. The maximum atomic E-state index is 10.6. The van der Waals surface area contributed by atoms with E-state index in [4.69, 9.17) is 28.3 Å². The largest absolute Gasteiger partial charge is 0.481 e. The molecular weight excluding hydrogens is 323 g/mol. The van der Waals surface area contributed by atoms with Crippen LogP contribution in [0.1, 0.15) is 32.6 Å². The second kappa shape index (κ2) is 7.07. The van der Waals surface area contributed by atoms with Crippen LogP contribution in [0.3, 0.4) is 0 Å². The topological polar surface area (TPSA) is 40.5 Å². The van der Waals surface area contributed by atoms with Crippen LogP contribution in [0.5, 0.6) is 0 Å². The van der Waals surface area contributed by atoms with Crippen molar-refractivity contribution in [3.05, 3.63) is 22.2 Å². The molecule has 0 fully saturated rings. The van der Waals surface area contributed by atoms with Gasteiger partial charge in [-0.05, 0) is 32.3 Å². The summed E-state index contributed by atoms with van der Waals surface area (Å²) in [6.45, 7) is 4.94. The maximum Gasteiger partial charge on any atom is 0.303 e. The van der Waals surface area contributed by atoms with E-state index < -0.39 is 5.97 Å². The van der Waals surface area contributed by atoms with E-state index in [1.54, 1.807) is 0 Å². The molecule has 1 aromatic carbocycles. The molecule has 22 heavy (non-hydrogen) atoms. The van der Waals surface area contributed by atoms with Gasteiger partial charge in [0.1, 0.15) is 5.69 Å². The quantitative estimate of drug-likeness (QED) is 0.589. The van der Waals surface area contributed by atoms with Crippen molar-refractivity contribution in [3.63, 3.8) is 0 Å². The molecule has 1 atom stereocenters. The Kier molecular flexibility index (Phi) is 5.59. The van der Waals surface area contributed by atoms with Crippen LogP contribution < -0.4 is 9.38 Å². The van der Waals surface area contributed by atoms with Crippen LogP contribution in [0.4, 0.5) is 11.4 Å². The van der Waals surface area contributed by atoms with E-state index in [0.29, 0.717) is 10.0 Å². The van der Waals surface area contributed by atoms with Crippen LogP contribution in [0.25, 0.3) is 0 Å². The van der Waals surface area contributed by atoms with Gasteiger partial charge in [0.15, 0.2) is 12.4 Å². The van der Waals surface area contributed by atoms with Crippen molar-refractivity contribution < 1.29 is 9.90 Å². The Hall–Kier alpha value is -0.970. The summed E-state index contributed by atoms with van der Waals surface area (Å²) < 4.78 is 0.799. The molecule has 1 heterocycles. The van der Waals surface area contributed by atoms with Gasteiger partial charge < -0.3 is 10.0 Å². The highest BCUT2D eigenvalue weighted by Crippen LogP contribution is 2.44. The lowest BCUT2D eigenvalue weighted by atomic mass is 10.1. The summed E-state index contributed by atoms with van der Waals surface area (Å²) in [4.78, 5) is 12.9. The van der Waals surface area contributed by atoms with E-state index in [0.717, 1.165) is 49.2 Å². The number of anilines is 1. The average molecular weight is 346 g/mol. The summed E-state index contributed by atoms with van der Waals surface area (Å²) in [6, 6.07) is 3.93. The predicted octanol–water partition coefficient (Wildman–Crippen LogP) is 4.37. The van der Waals surface area contributed by atoms with Gasteiger partial charge in [-0.3, -0.25) is 9.28 Å². The van der Waals surface area contributed by atoms with Crippen LogP contribution in [0.2, 0.25) is 10.0 Å². The minimum absolute atomic E-state index is 0.253. The summed E-state index contributed by atoms with van der Waals surface area (Å²) in [5.74, 6) is -0.717. The van der Waals surface area contributed by atoms with Crippen molar-refractivity contribution in [1.29, 1.82) is 0 Å². The van der Waals surface area contributed by atoms with E-state index in [-0.39, 0.29) is 6.42 Å². The SMILES string of the molecule is CCN1C[N+](C)(CCCCCC(=O)O)c2cc(Cl)c(Cl)cc21. The number of rotatable bonds is 7. The maximum absolute atomic E-state index is 10.6. The second-order valence-corrected chi connectivity index (χ2v) is 6.89. The number of hydrogen-bond donors (Lipinski definition) is 1. The monoisotopic (exact) mass is 345 g/mol. The smallest absolute Gasteiger partial charge is 0.303 e. The van der Waals surface area contributed by atoms with E-state index in [1.165, 1.54) is 5.69 Å². The third-order valence-electron chi connectivity index (χ3n) is 4.35.